The smallest absolute Gasteiger partial charge is 0.128 e. The summed E-state index contributed by atoms with van der Waals surface area (Å²) in [6, 6.07) is 79.2. The third-order valence-electron chi connectivity index (χ3n) is 15.2. The molecule has 4 aliphatic rings. The summed E-state index contributed by atoms with van der Waals surface area (Å²) < 4.78 is 7.48. The molecule has 0 heterocycles. The normalized spacial score (nSPS) is 14.1. The van der Waals surface area contributed by atoms with Crippen LogP contribution in [0, 0.1) is 0 Å². The largest absolute Gasteiger partial charge is 0.457 e. The quantitative estimate of drug-likeness (QED) is 0.164. The lowest BCUT2D eigenvalue weighted by molar-refractivity contribution is 0.479. The van der Waals surface area contributed by atoms with Gasteiger partial charge in [0.1, 0.15) is 11.5 Å². The SMILES string of the molecule is Nc1c(C2c3ccccc3-c3ccccc32)cc(Oc2cc(C3c4ccccc4-c4ccccc43)c(N)c(C3c4ccccc4-c4ccccc43)c2)cc1C1c2ccccc2-c2ccccc21. The highest BCUT2D eigenvalue weighted by Crippen LogP contribution is 2.57. The van der Waals surface area contributed by atoms with Crippen molar-refractivity contribution < 1.29 is 4.74 Å². The lowest BCUT2D eigenvalue weighted by Gasteiger charge is -2.26. The molecule has 316 valence electrons. The average Bonchev–Trinajstić information content (AvgIpc) is 4.10. The summed E-state index contributed by atoms with van der Waals surface area (Å²) in [5.41, 5.74) is 41.1. The molecular formula is C64H44N2O. The van der Waals surface area contributed by atoms with Gasteiger partial charge in [-0.15, -0.1) is 0 Å². The molecule has 4 aliphatic carbocycles. The van der Waals surface area contributed by atoms with E-state index in [1.54, 1.807) is 0 Å². The number of nitrogen functional groups attached to an aromatic ring is 2. The second kappa shape index (κ2) is 14.6. The van der Waals surface area contributed by atoms with Crippen molar-refractivity contribution >= 4 is 11.4 Å². The fraction of sp³-hybridized carbons (Fsp3) is 0.0625. The summed E-state index contributed by atoms with van der Waals surface area (Å²) in [7, 11) is 0. The molecule has 0 amide bonds. The lowest BCUT2D eigenvalue weighted by atomic mass is 9.81. The highest BCUT2D eigenvalue weighted by atomic mass is 16.5. The predicted molar refractivity (Wildman–Crippen MR) is 273 cm³/mol. The van der Waals surface area contributed by atoms with Gasteiger partial charge in [-0.1, -0.05) is 194 Å². The maximum Gasteiger partial charge on any atom is 0.128 e. The van der Waals surface area contributed by atoms with Crippen LogP contribution in [0.25, 0.3) is 44.5 Å². The molecule has 3 nitrogen and oxygen atoms in total. The Morgan fingerprint density at radius 2 is 0.388 bits per heavy atom. The molecule has 0 fully saturated rings. The van der Waals surface area contributed by atoms with Crippen LogP contribution >= 0.6 is 0 Å². The van der Waals surface area contributed by atoms with Gasteiger partial charge in [0, 0.05) is 35.0 Å². The highest BCUT2D eigenvalue weighted by Gasteiger charge is 2.38. The fourth-order valence-electron chi connectivity index (χ4n) is 12.5. The van der Waals surface area contributed by atoms with E-state index in [-0.39, 0.29) is 23.7 Å². The van der Waals surface area contributed by atoms with E-state index in [2.05, 4.69) is 218 Å². The van der Waals surface area contributed by atoms with Gasteiger partial charge >= 0.3 is 0 Å². The maximum atomic E-state index is 7.68. The van der Waals surface area contributed by atoms with Gasteiger partial charge in [-0.2, -0.15) is 0 Å². The Hall–Kier alpha value is -8.40. The number of anilines is 2. The molecule has 10 aromatic carbocycles. The summed E-state index contributed by atoms with van der Waals surface area (Å²) in [4.78, 5) is 0. The van der Waals surface area contributed by atoms with Crippen LogP contribution < -0.4 is 16.2 Å². The molecule has 0 saturated carbocycles. The third kappa shape index (κ3) is 5.52. The van der Waals surface area contributed by atoms with Crippen LogP contribution in [0.5, 0.6) is 11.5 Å². The highest BCUT2D eigenvalue weighted by molar-refractivity contribution is 5.88. The van der Waals surface area contributed by atoms with Gasteiger partial charge in [0.25, 0.3) is 0 Å². The van der Waals surface area contributed by atoms with E-state index >= 15 is 0 Å². The molecule has 0 aromatic heterocycles. The van der Waals surface area contributed by atoms with Crippen LogP contribution in [0.15, 0.2) is 218 Å². The zero-order valence-corrected chi connectivity index (χ0v) is 36.7. The molecule has 3 heteroatoms. The van der Waals surface area contributed by atoms with Gasteiger partial charge in [0.15, 0.2) is 0 Å². The first-order valence-electron chi connectivity index (χ1n) is 23.4. The topological polar surface area (TPSA) is 61.3 Å². The Bertz CT molecular complexity index is 3040. The monoisotopic (exact) mass is 856 g/mol. The third-order valence-corrected chi connectivity index (χ3v) is 15.2. The summed E-state index contributed by atoms with van der Waals surface area (Å²) in [6.45, 7) is 0. The van der Waals surface area contributed by atoms with Crippen molar-refractivity contribution in [1.82, 2.24) is 0 Å². The van der Waals surface area contributed by atoms with Crippen molar-refractivity contribution in [2.45, 2.75) is 23.7 Å². The van der Waals surface area contributed by atoms with Gasteiger partial charge < -0.3 is 16.2 Å². The molecule has 0 atom stereocenters. The Labute approximate surface area is 390 Å². The number of hydrogen-bond acceptors (Lipinski definition) is 3. The first kappa shape index (κ1) is 37.9. The molecule has 0 bridgehead atoms. The van der Waals surface area contributed by atoms with Crippen molar-refractivity contribution in [3.8, 4) is 56.0 Å². The van der Waals surface area contributed by atoms with Crippen molar-refractivity contribution in [2.24, 2.45) is 0 Å². The van der Waals surface area contributed by atoms with Crippen LogP contribution in [-0.2, 0) is 0 Å². The van der Waals surface area contributed by atoms with Crippen molar-refractivity contribution in [1.29, 1.82) is 0 Å². The fourth-order valence-corrected chi connectivity index (χ4v) is 12.5. The minimum absolute atomic E-state index is 0.0860. The molecule has 0 saturated heterocycles. The van der Waals surface area contributed by atoms with Crippen molar-refractivity contribution in [3.63, 3.8) is 0 Å². The van der Waals surface area contributed by atoms with Gasteiger partial charge in [0.2, 0.25) is 0 Å². The van der Waals surface area contributed by atoms with Crippen molar-refractivity contribution in [2.75, 3.05) is 11.5 Å². The molecule has 67 heavy (non-hydrogen) atoms. The van der Waals surface area contributed by atoms with E-state index < -0.39 is 0 Å². The second-order valence-corrected chi connectivity index (χ2v) is 18.6. The molecule has 0 aliphatic heterocycles. The van der Waals surface area contributed by atoms with Gasteiger partial charge in [-0.3, -0.25) is 0 Å². The van der Waals surface area contributed by atoms with E-state index in [0.717, 1.165) is 45.1 Å². The van der Waals surface area contributed by atoms with Gasteiger partial charge in [-0.05, 0) is 136 Å². The van der Waals surface area contributed by atoms with Crippen LogP contribution in [0.4, 0.5) is 11.4 Å². The van der Waals surface area contributed by atoms with E-state index in [4.69, 9.17) is 16.2 Å². The Morgan fingerprint density at radius 3 is 0.567 bits per heavy atom. The van der Waals surface area contributed by atoms with Crippen LogP contribution in [0.1, 0.15) is 90.4 Å². The Kier molecular flexibility index (Phi) is 8.24. The molecule has 4 N–H and O–H groups in total. The number of hydrogen-bond donors (Lipinski definition) is 2. The van der Waals surface area contributed by atoms with Gasteiger partial charge in [0.05, 0.1) is 0 Å². The second-order valence-electron chi connectivity index (χ2n) is 18.6. The summed E-state index contributed by atoms with van der Waals surface area (Å²) in [6.07, 6.45) is 0. The minimum atomic E-state index is -0.0860. The van der Waals surface area contributed by atoms with E-state index in [1.165, 1.54) is 89.0 Å². The molecule has 0 radical (unpaired) electrons. The standard InChI is InChI=1S/C64H44N2O/c65-63-55(59-47-25-9-1-17-39(47)40-18-2-10-26-48(40)59)33-37(34-56(63)60-49-27-11-3-19-41(49)42-20-4-12-28-50(42)60)67-38-35-57(61-51-29-13-5-21-43(51)44-22-6-14-30-52(44)61)64(66)58(36-38)62-53-31-15-7-23-45(53)46-24-8-16-32-54(46)62/h1-36,59-62H,65-66H2. The van der Waals surface area contributed by atoms with E-state index in [1.807, 2.05) is 0 Å². The molecule has 0 unspecified atom stereocenters. The number of ether oxygens (including phenoxy) is 1. The Morgan fingerprint density at radius 1 is 0.224 bits per heavy atom. The summed E-state index contributed by atoms with van der Waals surface area (Å²) in [5, 5.41) is 0. The van der Waals surface area contributed by atoms with E-state index in [0.29, 0.717) is 0 Å². The van der Waals surface area contributed by atoms with E-state index in [9.17, 15) is 0 Å². The predicted octanol–water partition coefficient (Wildman–Crippen LogP) is 15.3. The Balaban J connectivity index is 1.01. The maximum absolute atomic E-state index is 7.68. The molecule has 14 rings (SSSR count). The zero-order chi connectivity index (χ0) is 44.3. The summed E-state index contributed by atoms with van der Waals surface area (Å²) in [5.74, 6) is 1.14. The van der Waals surface area contributed by atoms with Gasteiger partial charge in [-0.25, -0.2) is 0 Å². The van der Waals surface area contributed by atoms with Crippen molar-refractivity contribution in [3.05, 3.63) is 285 Å². The number of rotatable bonds is 6. The zero-order valence-electron chi connectivity index (χ0n) is 36.7. The average molecular weight is 857 g/mol. The van der Waals surface area contributed by atoms with Crippen LogP contribution in [-0.4, -0.2) is 0 Å². The number of fused-ring (bicyclic) bond motifs is 12. The van der Waals surface area contributed by atoms with Crippen LogP contribution in [0.3, 0.4) is 0 Å². The first-order valence-corrected chi connectivity index (χ1v) is 23.4. The first-order chi connectivity index (χ1) is 33.1. The van der Waals surface area contributed by atoms with Crippen LogP contribution in [0.2, 0.25) is 0 Å². The number of benzene rings is 10. The molecular weight excluding hydrogens is 813 g/mol. The molecule has 10 aromatic rings. The number of nitrogens with two attached hydrogens (primary N) is 2. The lowest BCUT2D eigenvalue weighted by Crippen LogP contribution is -2.11. The summed E-state index contributed by atoms with van der Waals surface area (Å²) >= 11 is 0. The minimum Gasteiger partial charge on any atom is -0.457 e. The molecule has 0 spiro atoms.